The molecule has 0 aliphatic rings. The zero-order valence-electron chi connectivity index (χ0n) is 19.2. The van der Waals surface area contributed by atoms with E-state index in [1.54, 1.807) is 11.4 Å². The summed E-state index contributed by atoms with van der Waals surface area (Å²) in [7, 11) is 1.46. The molecular weight excluding hydrogens is 456 g/mol. The van der Waals surface area contributed by atoms with Gasteiger partial charge >= 0.3 is 5.69 Å². The van der Waals surface area contributed by atoms with Crippen LogP contribution in [-0.2, 0) is 17.8 Å². The fraction of sp³-hybridized carbons (Fsp3) is 0.273. The molecule has 3 aromatic heterocycles. The number of aromatic nitrogens is 6. The van der Waals surface area contributed by atoms with Crippen LogP contribution in [-0.4, -0.2) is 48.3 Å². The van der Waals surface area contributed by atoms with Gasteiger partial charge in [0.25, 0.3) is 11.3 Å². The number of nitrogens with one attached hydrogen (secondary N) is 1. The van der Waals surface area contributed by atoms with Gasteiger partial charge in [-0.05, 0) is 25.7 Å². The molecule has 0 bridgehead atoms. The van der Waals surface area contributed by atoms with Gasteiger partial charge in [0, 0.05) is 24.0 Å². The van der Waals surface area contributed by atoms with Gasteiger partial charge in [0.15, 0.2) is 5.69 Å². The van der Waals surface area contributed by atoms with Crippen LogP contribution in [0.2, 0.25) is 0 Å². The second-order valence-corrected chi connectivity index (χ2v) is 8.54. The average molecular weight is 481 g/mol. The molecule has 1 amide bonds. The first-order chi connectivity index (χ1) is 16.2. The maximum atomic E-state index is 13.2. The molecule has 34 heavy (non-hydrogen) atoms. The quantitative estimate of drug-likeness (QED) is 0.391. The van der Waals surface area contributed by atoms with Crippen LogP contribution in [0.4, 0.5) is 11.5 Å². The highest BCUT2D eigenvalue weighted by atomic mass is 32.2. The predicted molar refractivity (Wildman–Crippen MR) is 130 cm³/mol. The molecule has 0 aliphatic heterocycles. The fourth-order valence-electron chi connectivity index (χ4n) is 3.75. The van der Waals surface area contributed by atoms with Crippen LogP contribution < -0.4 is 21.9 Å². The van der Waals surface area contributed by atoms with Crippen LogP contribution in [0.25, 0.3) is 5.78 Å². The maximum absolute atomic E-state index is 13.2. The van der Waals surface area contributed by atoms with Crippen LogP contribution in [0.1, 0.15) is 22.5 Å². The Bertz CT molecular complexity index is 1510. The van der Waals surface area contributed by atoms with E-state index in [4.69, 9.17) is 5.73 Å². The lowest BCUT2D eigenvalue weighted by Crippen LogP contribution is -2.40. The Balaban J connectivity index is 1.69. The second kappa shape index (κ2) is 9.14. The topological polar surface area (TPSA) is 144 Å². The Morgan fingerprint density at radius 3 is 2.56 bits per heavy atom. The van der Waals surface area contributed by atoms with Crippen molar-refractivity contribution in [1.82, 2.24) is 29.1 Å². The highest BCUT2D eigenvalue weighted by Crippen LogP contribution is 2.21. The number of nitrogens with zero attached hydrogens (tertiary/aromatic N) is 6. The SMILES string of the molecule is CSc1nc2nc(C)c(CC(=O)N(C)c3c(N)n(Cc4ccccc4)c(=O)[nH]c3=O)c(C)n2n1. The molecule has 11 nitrogen and oxygen atoms in total. The van der Waals surface area contributed by atoms with E-state index in [0.29, 0.717) is 22.2 Å². The third kappa shape index (κ3) is 4.19. The van der Waals surface area contributed by atoms with E-state index in [1.807, 2.05) is 43.5 Å². The molecule has 0 unspecified atom stereocenters. The Morgan fingerprint density at radius 1 is 1.18 bits per heavy atom. The van der Waals surface area contributed by atoms with Crippen molar-refractivity contribution < 1.29 is 4.79 Å². The Morgan fingerprint density at radius 2 is 1.88 bits per heavy atom. The number of aromatic amines is 1. The van der Waals surface area contributed by atoms with Gasteiger partial charge in [0.1, 0.15) is 5.82 Å². The largest absolute Gasteiger partial charge is 0.383 e. The molecule has 3 N–H and O–H groups in total. The van der Waals surface area contributed by atoms with E-state index in [1.165, 1.54) is 28.3 Å². The minimum Gasteiger partial charge on any atom is -0.383 e. The first kappa shape index (κ1) is 23.2. The van der Waals surface area contributed by atoms with Crippen molar-refractivity contribution in [2.45, 2.75) is 32.0 Å². The zero-order valence-corrected chi connectivity index (χ0v) is 20.0. The summed E-state index contributed by atoms with van der Waals surface area (Å²) in [5.74, 6) is -0.0198. The Labute approximate surface area is 198 Å². The highest BCUT2D eigenvalue weighted by molar-refractivity contribution is 7.98. The molecule has 0 spiro atoms. The van der Waals surface area contributed by atoms with Gasteiger partial charge in [-0.2, -0.15) is 4.98 Å². The normalized spacial score (nSPS) is 11.2. The Hall–Kier alpha value is -3.93. The molecule has 4 rings (SSSR count). The monoisotopic (exact) mass is 480 g/mol. The minimum absolute atomic E-state index is 0.0394. The van der Waals surface area contributed by atoms with Crippen molar-refractivity contribution in [2.75, 3.05) is 23.9 Å². The van der Waals surface area contributed by atoms with E-state index in [-0.39, 0.29) is 30.4 Å². The van der Waals surface area contributed by atoms with Crippen molar-refractivity contribution in [2.24, 2.45) is 0 Å². The molecule has 1 aromatic carbocycles. The number of likely N-dealkylation sites (N-methyl/N-ethyl adjacent to an activating group) is 1. The molecule has 0 fully saturated rings. The Kier molecular flexibility index (Phi) is 6.24. The first-order valence-electron chi connectivity index (χ1n) is 10.4. The number of aryl methyl sites for hydroxylation is 2. The van der Waals surface area contributed by atoms with Gasteiger partial charge in [0.05, 0.1) is 13.0 Å². The third-order valence-corrected chi connectivity index (χ3v) is 6.19. The van der Waals surface area contributed by atoms with Gasteiger partial charge in [-0.15, -0.1) is 5.10 Å². The summed E-state index contributed by atoms with van der Waals surface area (Å²) < 4.78 is 2.84. The summed E-state index contributed by atoms with van der Waals surface area (Å²) in [6.07, 6.45) is 1.83. The lowest BCUT2D eigenvalue weighted by Gasteiger charge is -2.21. The van der Waals surface area contributed by atoms with Crippen LogP contribution >= 0.6 is 11.8 Å². The number of hydrogen-bond donors (Lipinski definition) is 2. The van der Waals surface area contributed by atoms with Gasteiger partial charge < -0.3 is 10.6 Å². The summed E-state index contributed by atoms with van der Waals surface area (Å²) >= 11 is 1.40. The van der Waals surface area contributed by atoms with Crippen molar-refractivity contribution in [3.8, 4) is 0 Å². The molecule has 176 valence electrons. The molecule has 0 saturated carbocycles. The van der Waals surface area contributed by atoms with Gasteiger partial charge in [-0.25, -0.2) is 14.3 Å². The van der Waals surface area contributed by atoms with Crippen LogP contribution in [0.5, 0.6) is 0 Å². The lowest BCUT2D eigenvalue weighted by atomic mass is 10.1. The van der Waals surface area contributed by atoms with Gasteiger partial charge in [-0.1, -0.05) is 42.1 Å². The number of H-pyrrole nitrogens is 1. The lowest BCUT2D eigenvalue weighted by molar-refractivity contribution is -0.117. The zero-order chi connectivity index (χ0) is 24.6. The van der Waals surface area contributed by atoms with Crippen molar-refractivity contribution in [1.29, 1.82) is 0 Å². The summed E-state index contributed by atoms with van der Waals surface area (Å²) in [5.41, 5.74) is 7.64. The molecule has 4 aromatic rings. The van der Waals surface area contributed by atoms with Gasteiger partial charge in [0.2, 0.25) is 11.1 Å². The smallest absolute Gasteiger partial charge is 0.330 e. The number of carbonyl (C=O) groups excluding carboxylic acids is 1. The summed E-state index contributed by atoms with van der Waals surface area (Å²) in [6.45, 7) is 3.79. The number of rotatable bonds is 6. The number of nitrogens with two attached hydrogens (primary N) is 1. The molecule has 0 saturated heterocycles. The number of carbonyl (C=O) groups is 1. The average Bonchev–Trinajstić information content (AvgIpc) is 3.23. The standard InChI is InChI=1S/C22H24N8O3S/c1-12-15(13(2)30-20(24-12)26-21(27-30)34-4)10-16(31)28(3)17-18(23)29(22(33)25-19(17)32)11-14-8-6-5-7-9-14/h5-9H,10-11,23H2,1-4H3,(H,25,32,33). The molecule has 3 heterocycles. The number of fused-ring (bicyclic) bond motifs is 1. The fourth-order valence-corrected chi connectivity index (χ4v) is 4.09. The maximum Gasteiger partial charge on any atom is 0.330 e. The highest BCUT2D eigenvalue weighted by Gasteiger charge is 2.23. The first-order valence-corrected chi connectivity index (χ1v) is 11.6. The summed E-state index contributed by atoms with van der Waals surface area (Å²) in [4.78, 5) is 50.5. The molecule has 12 heteroatoms. The summed E-state index contributed by atoms with van der Waals surface area (Å²) in [6, 6.07) is 9.22. The van der Waals surface area contributed by atoms with E-state index >= 15 is 0 Å². The third-order valence-electron chi connectivity index (χ3n) is 5.65. The number of thioether (sulfide) groups is 1. The molecular formula is C22H24N8O3S. The van der Waals surface area contributed by atoms with E-state index in [2.05, 4.69) is 20.1 Å². The minimum atomic E-state index is -0.731. The van der Waals surface area contributed by atoms with Crippen molar-refractivity contribution >= 4 is 35.0 Å². The van der Waals surface area contributed by atoms with Crippen molar-refractivity contribution in [3.05, 3.63) is 73.7 Å². The number of anilines is 2. The van der Waals surface area contributed by atoms with Crippen LogP contribution in [0.3, 0.4) is 0 Å². The van der Waals surface area contributed by atoms with Crippen LogP contribution in [0.15, 0.2) is 45.1 Å². The number of hydrogen-bond acceptors (Lipinski definition) is 8. The predicted octanol–water partition coefficient (Wildman–Crippen LogP) is 1.15. The number of nitrogen functional groups attached to an aromatic ring is 1. The number of amides is 1. The van der Waals surface area contributed by atoms with Gasteiger partial charge in [-0.3, -0.25) is 19.1 Å². The van der Waals surface area contributed by atoms with E-state index in [0.717, 1.165) is 11.3 Å². The van der Waals surface area contributed by atoms with Crippen LogP contribution in [0, 0.1) is 13.8 Å². The second-order valence-electron chi connectivity index (χ2n) is 7.77. The summed E-state index contributed by atoms with van der Waals surface area (Å²) in [5, 5.41) is 4.98. The van der Waals surface area contributed by atoms with E-state index in [9.17, 15) is 14.4 Å². The molecule has 0 aliphatic carbocycles. The molecule has 0 atom stereocenters. The van der Waals surface area contributed by atoms with E-state index < -0.39 is 11.2 Å². The molecule has 0 radical (unpaired) electrons. The van der Waals surface area contributed by atoms with Crippen molar-refractivity contribution in [3.63, 3.8) is 0 Å². The number of benzene rings is 1.